The van der Waals surface area contributed by atoms with E-state index >= 15 is 0 Å². The lowest BCUT2D eigenvalue weighted by Gasteiger charge is -2.45. The van der Waals surface area contributed by atoms with E-state index in [0.29, 0.717) is 0 Å². The fourth-order valence-corrected chi connectivity index (χ4v) is 3.59. The van der Waals surface area contributed by atoms with Gasteiger partial charge in [0.1, 0.15) is 0 Å². The predicted octanol–water partition coefficient (Wildman–Crippen LogP) is 4.11. The quantitative estimate of drug-likeness (QED) is 0.767. The van der Waals surface area contributed by atoms with Crippen molar-refractivity contribution in [1.82, 2.24) is 0 Å². The molecule has 17 heavy (non-hydrogen) atoms. The van der Waals surface area contributed by atoms with Gasteiger partial charge in [-0.3, -0.25) is 0 Å². The van der Waals surface area contributed by atoms with Crippen LogP contribution in [0.15, 0.2) is 35.2 Å². The average molecular weight is 250 g/mol. The van der Waals surface area contributed by atoms with Gasteiger partial charge in [0, 0.05) is 10.6 Å². The van der Waals surface area contributed by atoms with Crippen molar-refractivity contribution in [2.45, 2.75) is 50.0 Å². The third-order valence-electron chi connectivity index (χ3n) is 4.16. The molecule has 0 aromatic heterocycles. The lowest BCUT2D eigenvalue weighted by molar-refractivity contribution is -0.0386. The maximum atomic E-state index is 10.3. The molecule has 1 nitrogen and oxygen atoms in total. The van der Waals surface area contributed by atoms with Crippen molar-refractivity contribution in [3.05, 3.63) is 30.3 Å². The third kappa shape index (κ3) is 3.05. The fraction of sp³-hybridized carbons (Fsp3) is 0.600. The molecular formula is C15H22OS. The highest BCUT2D eigenvalue weighted by Gasteiger charge is 2.41. The van der Waals surface area contributed by atoms with Crippen molar-refractivity contribution < 1.29 is 5.11 Å². The van der Waals surface area contributed by atoms with Gasteiger partial charge in [-0.1, -0.05) is 31.5 Å². The first-order valence-corrected chi connectivity index (χ1v) is 7.61. The highest BCUT2D eigenvalue weighted by atomic mass is 32.2. The Bertz CT molecular complexity index is 327. The van der Waals surface area contributed by atoms with Crippen LogP contribution in [-0.2, 0) is 0 Å². The predicted molar refractivity (Wildman–Crippen MR) is 74.4 cm³/mol. The topological polar surface area (TPSA) is 20.2 Å². The minimum absolute atomic E-state index is 0.0996. The number of hydrogen-bond acceptors (Lipinski definition) is 2. The summed E-state index contributed by atoms with van der Waals surface area (Å²) < 4.78 is 0. The van der Waals surface area contributed by atoms with Crippen LogP contribution in [0, 0.1) is 5.41 Å². The van der Waals surface area contributed by atoms with Crippen molar-refractivity contribution in [3.63, 3.8) is 0 Å². The summed E-state index contributed by atoms with van der Waals surface area (Å²) in [5, 5.41) is 10.3. The molecule has 1 aromatic carbocycles. The second-order valence-electron chi connectivity index (χ2n) is 5.04. The Labute approximate surface area is 109 Å². The first-order chi connectivity index (χ1) is 8.27. The molecule has 1 aliphatic rings. The Hall–Kier alpha value is -0.470. The van der Waals surface area contributed by atoms with Crippen molar-refractivity contribution in [2.75, 3.05) is 5.75 Å². The van der Waals surface area contributed by atoms with E-state index in [2.05, 4.69) is 31.2 Å². The van der Waals surface area contributed by atoms with Crippen LogP contribution in [0.25, 0.3) is 0 Å². The maximum absolute atomic E-state index is 10.3. The summed E-state index contributed by atoms with van der Waals surface area (Å²) in [7, 11) is 0. The Balaban J connectivity index is 1.75. The molecule has 1 aliphatic carbocycles. The summed E-state index contributed by atoms with van der Waals surface area (Å²) in [5.41, 5.74) is 0.261. The summed E-state index contributed by atoms with van der Waals surface area (Å²) in [6.07, 6.45) is 5.70. The van der Waals surface area contributed by atoms with Gasteiger partial charge in [0.05, 0.1) is 6.10 Å². The first-order valence-electron chi connectivity index (χ1n) is 6.63. The lowest BCUT2D eigenvalue weighted by Crippen LogP contribution is -2.41. The average Bonchev–Trinajstić information content (AvgIpc) is 2.30. The molecule has 1 fully saturated rings. The molecule has 0 radical (unpaired) electrons. The minimum Gasteiger partial charge on any atom is -0.393 e. The molecule has 0 bridgehead atoms. The first kappa shape index (κ1) is 13.0. The third-order valence-corrected chi connectivity index (χ3v) is 5.21. The van der Waals surface area contributed by atoms with Crippen LogP contribution in [0.3, 0.4) is 0 Å². The highest BCUT2D eigenvalue weighted by molar-refractivity contribution is 7.99. The van der Waals surface area contributed by atoms with E-state index in [-0.39, 0.29) is 11.5 Å². The summed E-state index contributed by atoms with van der Waals surface area (Å²) >= 11 is 1.85. The zero-order valence-electron chi connectivity index (χ0n) is 10.6. The van der Waals surface area contributed by atoms with Crippen molar-refractivity contribution in [2.24, 2.45) is 5.41 Å². The van der Waals surface area contributed by atoms with Gasteiger partial charge < -0.3 is 5.11 Å². The summed E-state index contributed by atoms with van der Waals surface area (Å²) in [5.74, 6) is 1.02. The number of hydrogen-bond donors (Lipinski definition) is 1. The normalized spacial score (nSPS) is 19.6. The molecule has 0 aliphatic heterocycles. The van der Waals surface area contributed by atoms with Crippen molar-refractivity contribution in [3.8, 4) is 0 Å². The molecule has 0 heterocycles. The van der Waals surface area contributed by atoms with Crippen LogP contribution >= 0.6 is 11.8 Å². The standard InChI is InChI=1S/C15H22OS/c1-2-15(10-6-11-15)14(16)9-12-17-13-7-4-3-5-8-13/h3-5,7-8,14,16H,2,6,9-12H2,1H3/t14-/m0/s1. The lowest BCUT2D eigenvalue weighted by atomic mass is 9.63. The van der Waals surface area contributed by atoms with Gasteiger partial charge >= 0.3 is 0 Å². The van der Waals surface area contributed by atoms with Gasteiger partial charge in [0.25, 0.3) is 0 Å². The van der Waals surface area contributed by atoms with Gasteiger partial charge in [0.15, 0.2) is 0 Å². The molecule has 94 valence electrons. The van der Waals surface area contributed by atoms with E-state index in [1.54, 1.807) is 0 Å². The number of aliphatic hydroxyl groups excluding tert-OH is 1. The van der Waals surface area contributed by atoms with E-state index in [4.69, 9.17) is 0 Å². The number of rotatable bonds is 6. The number of aliphatic hydroxyl groups is 1. The van der Waals surface area contributed by atoms with Crippen LogP contribution in [0.4, 0.5) is 0 Å². The Morgan fingerprint density at radius 3 is 2.53 bits per heavy atom. The van der Waals surface area contributed by atoms with Gasteiger partial charge in [-0.2, -0.15) is 0 Å². The van der Waals surface area contributed by atoms with Gasteiger partial charge in [-0.05, 0) is 43.2 Å². The molecule has 0 amide bonds. The molecule has 0 spiro atoms. The molecular weight excluding hydrogens is 228 g/mol. The van der Waals surface area contributed by atoms with Crippen LogP contribution < -0.4 is 0 Å². The minimum atomic E-state index is -0.0996. The smallest absolute Gasteiger partial charge is 0.0604 e. The Morgan fingerprint density at radius 2 is 2.00 bits per heavy atom. The molecule has 1 atom stereocenters. The molecule has 2 heteroatoms. The van der Waals surface area contributed by atoms with Crippen molar-refractivity contribution >= 4 is 11.8 Å². The SMILES string of the molecule is CCC1([C@@H](O)CCSc2ccccc2)CCC1. The van der Waals surface area contributed by atoms with Gasteiger partial charge in [-0.15, -0.1) is 11.8 Å². The Kier molecular flexibility index (Phi) is 4.52. The van der Waals surface area contributed by atoms with Crippen LogP contribution in [0.2, 0.25) is 0 Å². The van der Waals surface area contributed by atoms with Gasteiger partial charge in [0.2, 0.25) is 0 Å². The highest BCUT2D eigenvalue weighted by Crippen LogP contribution is 2.47. The van der Waals surface area contributed by atoms with E-state index in [1.165, 1.54) is 24.2 Å². The largest absolute Gasteiger partial charge is 0.393 e. The number of benzene rings is 1. The molecule has 0 saturated heterocycles. The zero-order valence-corrected chi connectivity index (χ0v) is 11.4. The number of thioether (sulfide) groups is 1. The zero-order chi connectivity index (χ0) is 12.1. The molecule has 2 rings (SSSR count). The van der Waals surface area contributed by atoms with E-state index in [1.807, 2.05) is 17.8 Å². The fourth-order valence-electron chi connectivity index (χ4n) is 2.66. The molecule has 1 aromatic rings. The van der Waals surface area contributed by atoms with E-state index < -0.39 is 0 Å². The monoisotopic (exact) mass is 250 g/mol. The second-order valence-corrected chi connectivity index (χ2v) is 6.20. The molecule has 1 saturated carbocycles. The van der Waals surface area contributed by atoms with E-state index in [0.717, 1.165) is 18.6 Å². The summed E-state index contributed by atoms with van der Waals surface area (Å²) in [6, 6.07) is 10.4. The summed E-state index contributed by atoms with van der Waals surface area (Å²) in [6.45, 7) is 2.21. The molecule has 0 unspecified atom stereocenters. The maximum Gasteiger partial charge on any atom is 0.0604 e. The van der Waals surface area contributed by atoms with Crippen molar-refractivity contribution in [1.29, 1.82) is 0 Å². The summed E-state index contributed by atoms with van der Waals surface area (Å²) in [4.78, 5) is 1.30. The van der Waals surface area contributed by atoms with Crippen LogP contribution in [0.5, 0.6) is 0 Å². The molecule has 1 N–H and O–H groups in total. The van der Waals surface area contributed by atoms with Crippen LogP contribution in [-0.4, -0.2) is 17.0 Å². The second kappa shape index (κ2) is 5.92. The van der Waals surface area contributed by atoms with Crippen LogP contribution in [0.1, 0.15) is 39.0 Å². The van der Waals surface area contributed by atoms with Gasteiger partial charge in [-0.25, -0.2) is 0 Å². The van der Waals surface area contributed by atoms with E-state index in [9.17, 15) is 5.11 Å². The Morgan fingerprint density at radius 1 is 1.29 bits per heavy atom.